The quantitative estimate of drug-likeness (QED) is 0.626. The predicted molar refractivity (Wildman–Crippen MR) is 70.8 cm³/mol. The number of hydrogen-bond donors (Lipinski definition) is 0. The van der Waals surface area contributed by atoms with Gasteiger partial charge in [0.2, 0.25) is 0 Å². The number of nitrogens with zero attached hydrogens (tertiary/aromatic N) is 3. The molecule has 0 N–H and O–H groups in total. The fourth-order valence-electron chi connectivity index (χ4n) is 2.42. The van der Waals surface area contributed by atoms with Crippen molar-refractivity contribution in [1.82, 2.24) is 12.1 Å². The second-order valence-electron chi connectivity index (χ2n) is 4.90. The number of piperazine rings is 1. The second-order valence-corrected chi connectivity index (χ2v) is 11.4. The number of likely N-dealkylation sites (N-methyl/N-ethyl adjacent to an activating group) is 1. The molecular formula is C10H20InN3O2S. The Morgan fingerprint density at radius 2 is 1.94 bits per heavy atom. The summed E-state index contributed by atoms with van der Waals surface area (Å²) < 4.78 is 29.4. The molecule has 2 aliphatic heterocycles. The topological polar surface area (TPSA) is 43.9 Å². The summed E-state index contributed by atoms with van der Waals surface area (Å²) in [7, 11) is -0.750. The van der Waals surface area contributed by atoms with Crippen LogP contribution in [0.4, 0.5) is 0 Å². The second kappa shape index (κ2) is 5.59. The van der Waals surface area contributed by atoms with Crippen molar-refractivity contribution in [3.8, 4) is 0 Å². The van der Waals surface area contributed by atoms with Gasteiger partial charge in [0.15, 0.2) is 0 Å². The molecule has 2 aliphatic rings. The molecule has 0 spiro atoms. The van der Waals surface area contributed by atoms with Crippen LogP contribution in [-0.2, 0) is 10.0 Å². The van der Waals surface area contributed by atoms with Gasteiger partial charge in [-0.2, -0.15) is 0 Å². The van der Waals surface area contributed by atoms with Gasteiger partial charge in [0.1, 0.15) is 0 Å². The minimum absolute atomic E-state index is 0.511. The standard InChI is InChI=1S/C10H20N3O2S.In/c1-4-10(11-2)9-12-5-7-13(8-6-12)16(3,14)15;/h1,10H,4-9H2,2-3H3;/q-1;+1. The van der Waals surface area contributed by atoms with E-state index in [0.29, 0.717) is 19.1 Å². The van der Waals surface area contributed by atoms with E-state index in [2.05, 4.69) is 18.6 Å². The van der Waals surface area contributed by atoms with E-state index in [9.17, 15) is 8.42 Å². The molecule has 1 unspecified atom stereocenters. The monoisotopic (exact) mass is 361 g/mol. The molecule has 17 heavy (non-hydrogen) atoms. The molecule has 0 aromatic carbocycles. The summed E-state index contributed by atoms with van der Waals surface area (Å²) in [5.74, 6) is 0. The molecule has 0 aromatic rings. The van der Waals surface area contributed by atoms with Gasteiger partial charge >= 0.3 is 115 Å². The van der Waals surface area contributed by atoms with Crippen molar-refractivity contribution in [1.29, 1.82) is 0 Å². The summed E-state index contributed by atoms with van der Waals surface area (Å²) in [5, 5.41) is 0. The Balaban J connectivity index is 1.80. The van der Waals surface area contributed by atoms with Crippen molar-refractivity contribution < 1.29 is 8.42 Å². The van der Waals surface area contributed by atoms with Crippen LogP contribution in [0.2, 0.25) is 0 Å². The fraction of sp³-hybridized carbons (Fsp3) is 0.900. The summed E-state index contributed by atoms with van der Waals surface area (Å²) in [6.45, 7) is 4.17. The molecule has 5 nitrogen and oxygen atoms in total. The van der Waals surface area contributed by atoms with Crippen molar-refractivity contribution in [3.63, 3.8) is 0 Å². The van der Waals surface area contributed by atoms with E-state index in [4.69, 9.17) is 0 Å². The summed E-state index contributed by atoms with van der Waals surface area (Å²) in [6.07, 6.45) is 2.54. The first-order valence-corrected chi connectivity index (χ1v) is 11.3. The summed E-state index contributed by atoms with van der Waals surface area (Å²) in [6, 6.07) is 0.695. The van der Waals surface area contributed by atoms with Crippen LogP contribution in [0.3, 0.4) is 0 Å². The van der Waals surface area contributed by atoms with Crippen molar-refractivity contribution in [2.45, 2.75) is 12.5 Å². The van der Waals surface area contributed by atoms with Crippen molar-refractivity contribution in [2.75, 3.05) is 46.0 Å². The average molecular weight is 361 g/mol. The molecule has 1 saturated heterocycles. The zero-order valence-electron chi connectivity index (χ0n) is 10.5. The van der Waals surface area contributed by atoms with Crippen LogP contribution in [0.5, 0.6) is 0 Å². The zero-order valence-corrected chi connectivity index (χ0v) is 14.7. The molecule has 7 heteroatoms. The molecule has 0 aromatic heterocycles. The molecule has 0 saturated carbocycles. The van der Waals surface area contributed by atoms with Crippen LogP contribution < -0.4 is 0 Å². The molecule has 0 bridgehead atoms. The molecule has 0 amide bonds. The third kappa shape index (κ3) is 3.68. The normalized spacial score (nSPS) is 27.4. The van der Waals surface area contributed by atoms with E-state index >= 15 is 0 Å². The van der Waals surface area contributed by atoms with Gasteiger partial charge in [0, 0.05) is 0 Å². The van der Waals surface area contributed by atoms with Crippen LogP contribution in [0.1, 0.15) is 6.42 Å². The van der Waals surface area contributed by atoms with Gasteiger partial charge in [-0.05, 0) is 0 Å². The Bertz CT molecular complexity index is 390. The number of hydrogen-bond acceptors (Lipinski definition) is 4. The third-order valence-corrected chi connectivity index (χ3v) is 8.82. The zero-order chi connectivity index (χ0) is 12.5. The Labute approximate surface area is 115 Å². The van der Waals surface area contributed by atoms with Gasteiger partial charge < -0.3 is 0 Å². The van der Waals surface area contributed by atoms with Crippen molar-refractivity contribution in [2.24, 2.45) is 0 Å². The fourth-order valence-corrected chi connectivity index (χ4v) is 6.75. The molecule has 2 rings (SSSR count). The maximum atomic E-state index is 11.4. The number of rotatable bonds is 3. The first-order chi connectivity index (χ1) is 7.97. The minimum atomic E-state index is -2.99. The molecule has 0 radical (unpaired) electrons. The van der Waals surface area contributed by atoms with Crippen molar-refractivity contribution in [3.05, 3.63) is 0 Å². The van der Waals surface area contributed by atoms with Crippen LogP contribution in [0.15, 0.2) is 0 Å². The van der Waals surface area contributed by atoms with Gasteiger partial charge in [0.05, 0.1) is 0 Å². The first kappa shape index (κ1) is 13.8. The van der Waals surface area contributed by atoms with E-state index in [1.54, 1.807) is 4.31 Å². The molecule has 1 atom stereocenters. The molecule has 0 aliphatic carbocycles. The summed E-state index contributed by atoms with van der Waals surface area (Å²) >= 11 is -0.511. The molecule has 1 fully saturated rings. The van der Waals surface area contributed by atoms with Gasteiger partial charge in [-0.25, -0.2) is 0 Å². The predicted octanol–water partition coefficient (Wildman–Crippen LogP) is -1.31. The molecule has 2 heterocycles. The summed E-state index contributed by atoms with van der Waals surface area (Å²) in [4.78, 5) is 2.41. The van der Waals surface area contributed by atoms with E-state index in [1.165, 1.54) is 12.7 Å². The van der Waals surface area contributed by atoms with Gasteiger partial charge in [-0.15, -0.1) is 0 Å². The Hall–Kier alpha value is 0.410. The van der Waals surface area contributed by atoms with Gasteiger partial charge in [-0.1, -0.05) is 0 Å². The van der Waals surface area contributed by atoms with Crippen LogP contribution in [-0.4, -0.2) is 99.0 Å². The summed E-state index contributed by atoms with van der Waals surface area (Å²) in [5.41, 5.74) is 0. The van der Waals surface area contributed by atoms with Crippen LogP contribution in [0.25, 0.3) is 0 Å². The van der Waals surface area contributed by atoms with E-state index < -0.39 is 32.7 Å². The van der Waals surface area contributed by atoms with Gasteiger partial charge in [0.25, 0.3) is 0 Å². The average Bonchev–Trinajstić information content (AvgIpc) is 2.64. The van der Waals surface area contributed by atoms with Crippen molar-refractivity contribution >= 4 is 36.5 Å². The van der Waals surface area contributed by atoms with E-state index in [0.717, 1.165) is 19.6 Å². The number of sulfonamides is 1. The Morgan fingerprint density at radius 3 is 2.41 bits per heavy atom. The Morgan fingerprint density at radius 1 is 1.29 bits per heavy atom. The molecular weight excluding hydrogens is 341 g/mol. The third-order valence-electron chi connectivity index (χ3n) is 3.59. The molecule has 96 valence electrons. The maximum absolute atomic E-state index is 11.4. The van der Waals surface area contributed by atoms with Crippen LogP contribution >= 0.6 is 0 Å². The SMILES string of the molecule is C[N]1[In]=[CH]CC1CN1CCN(S(C)(=O)=O)CC1. The Kier molecular flexibility index (Phi) is 4.55. The van der Waals surface area contributed by atoms with Gasteiger partial charge in [-0.3, -0.25) is 0 Å². The van der Waals surface area contributed by atoms with Crippen LogP contribution in [0, 0.1) is 0 Å². The first-order valence-electron chi connectivity index (χ1n) is 6.03. The van der Waals surface area contributed by atoms with E-state index in [1.807, 2.05) is 0 Å². The van der Waals surface area contributed by atoms with E-state index in [-0.39, 0.29) is 0 Å².